The molecule has 0 amide bonds. The molecule has 0 spiro atoms. The Kier molecular flexibility index (Phi) is 5.59. The van der Waals surface area contributed by atoms with Gasteiger partial charge in [-0.1, -0.05) is 19.1 Å². The zero-order valence-corrected chi connectivity index (χ0v) is 13.9. The minimum absolute atomic E-state index is 0.124. The molecule has 4 nitrogen and oxygen atoms in total. The van der Waals surface area contributed by atoms with E-state index in [4.69, 9.17) is 5.11 Å². The lowest BCUT2D eigenvalue weighted by Gasteiger charge is -2.43. The van der Waals surface area contributed by atoms with E-state index >= 15 is 0 Å². The zero-order valence-electron chi connectivity index (χ0n) is 13.9. The van der Waals surface area contributed by atoms with Gasteiger partial charge in [-0.25, -0.2) is 4.79 Å². The molecule has 2 rings (SSSR count). The van der Waals surface area contributed by atoms with Crippen LogP contribution in [0.4, 0.5) is 0 Å². The van der Waals surface area contributed by atoms with E-state index in [-0.39, 0.29) is 5.54 Å². The smallest absolute Gasteiger partial charge is 0.335 e. The van der Waals surface area contributed by atoms with Crippen LogP contribution in [-0.2, 0) is 6.54 Å². The second-order valence-electron chi connectivity index (χ2n) is 7.11. The molecule has 1 atom stereocenters. The quantitative estimate of drug-likeness (QED) is 0.848. The first-order chi connectivity index (χ1) is 10.4. The summed E-state index contributed by atoms with van der Waals surface area (Å²) in [5.41, 5.74) is 1.49. The van der Waals surface area contributed by atoms with Crippen LogP contribution in [0.1, 0.15) is 49.5 Å². The van der Waals surface area contributed by atoms with Crippen LogP contribution in [0.3, 0.4) is 0 Å². The fraction of sp³-hybridized carbons (Fsp3) is 0.611. The predicted octanol–water partition coefficient (Wildman–Crippen LogP) is 2.98. The summed E-state index contributed by atoms with van der Waals surface area (Å²) >= 11 is 0. The fourth-order valence-electron chi connectivity index (χ4n) is 3.18. The van der Waals surface area contributed by atoms with Crippen molar-refractivity contribution in [3.8, 4) is 0 Å². The van der Waals surface area contributed by atoms with Crippen molar-refractivity contribution in [3.63, 3.8) is 0 Å². The van der Waals surface area contributed by atoms with E-state index in [1.54, 1.807) is 18.2 Å². The normalized spacial score (nSPS) is 20.0. The van der Waals surface area contributed by atoms with Gasteiger partial charge >= 0.3 is 5.97 Å². The number of likely N-dealkylation sites (tertiary alicyclic amines) is 1. The van der Waals surface area contributed by atoms with Gasteiger partial charge < -0.3 is 10.4 Å². The predicted molar refractivity (Wildman–Crippen MR) is 89.2 cm³/mol. The number of carbonyl (C=O) groups is 1. The molecular formula is C18H28N2O2. The number of nitrogens with one attached hydrogen (secondary N) is 1. The summed E-state index contributed by atoms with van der Waals surface area (Å²) in [7, 11) is 0. The van der Waals surface area contributed by atoms with Crippen molar-refractivity contribution < 1.29 is 9.90 Å². The second-order valence-corrected chi connectivity index (χ2v) is 7.11. The van der Waals surface area contributed by atoms with Crippen molar-refractivity contribution in [1.29, 1.82) is 0 Å². The van der Waals surface area contributed by atoms with Gasteiger partial charge in [-0.3, -0.25) is 4.90 Å². The molecule has 0 bridgehead atoms. The number of aromatic carboxylic acids is 1. The van der Waals surface area contributed by atoms with Gasteiger partial charge in [-0.05, 0) is 56.8 Å². The lowest BCUT2D eigenvalue weighted by Crippen LogP contribution is -2.53. The molecule has 1 unspecified atom stereocenters. The van der Waals surface area contributed by atoms with Crippen molar-refractivity contribution in [2.75, 3.05) is 19.6 Å². The van der Waals surface area contributed by atoms with Gasteiger partial charge in [-0.15, -0.1) is 0 Å². The van der Waals surface area contributed by atoms with E-state index in [9.17, 15) is 4.79 Å². The number of hydrogen-bond acceptors (Lipinski definition) is 3. The van der Waals surface area contributed by atoms with Crippen molar-refractivity contribution in [3.05, 3.63) is 35.4 Å². The Morgan fingerprint density at radius 3 is 2.91 bits per heavy atom. The molecule has 0 aromatic heterocycles. The van der Waals surface area contributed by atoms with Crippen LogP contribution in [0.2, 0.25) is 0 Å². The largest absolute Gasteiger partial charge is 0.478 e. The number of hydrogen-bond donors (Lipinski definition) is 2. The number of rotatable bonds is 6. The molecule has 1 saturated heterocycles. The van der Waals surface area contributed by atoms with Gasteiger partial charge in [0, 0.05) is 25.2 Å². The third-order valence-electron chi connectivity index (χ3n) is 4.57. The summed E-state index contributed by atoms with van der Waals surface area (Å²) in [6, 6.07) is 7.14. The van der Waals surface area contributed by atoms with Crippen molar-refractivity contribution in [2.45, 2.75) is 45.7 Å². The molecule has 1 aliphatic rings. The molecule has 0 saturated carbocycles. The highest BCUT2D eigenvalue weighted by Crippen LogP contribution is 2.23. The standard InChI is InChI=1S/C18H28N2O2/c1-14-6-5-9-20(12-14)18(2,3)13-19-11-15-7-4-8-16(10-15)17(21)22/h4,7-8,10,14,19H,5-6,9,11-13H2,1-3H3,(H,21,22). The summed E-state index contributed by atoms with van der Waals surface area (Å²) in [6.07, 6.45) is 2.62. The molecule has 1 fully saturated rings. The lowest BCUT2D eigenvalue weighted by atomic mass is 9.93. The molecule has 4 heteroatoms. The number of benzene rings is 1. The highest BCUT2D eigenvalue weighted by Gasteiger charge is 2.29. The van der Waals surface area contributed by atoms with E-state index in [0.29, 0.717) is 12.1 Å². The van der Waals surface area contributed by atoms with Gasteiger partial charge in [0.2, 0.25) is 0 Å². The summed E-state index contributed by atoms with van der Waals surface area (Å²) < 4.78 is 0. The Hall–Kier alpha value is -1.39. The molecule has 1 aromatic carbocycles. The maximum atomic E-state index is 11.0. The van der Waals surface area contributed by atoms with E-state index in [1.807, 2.05) is 6.07 Å². The van der Waals surface area contributed by atoms with E-state index in [0.717, 1.165) is 18.0 Å². The van der Waals surface area contributed by atoms with Gasteiger partial charge in [0.1, 0.15) is 0 Å². The van der Waals surface area contributed by atoms with Crippen molar-refractivity contribution in [1.82, 2.24) is 10.2 Å². The van der Waals surface area contributed by atoms with Crippen LogP contribution in [0.25, 0.3) is 0 Å². The lowest BCUT2D eigenvalue weighted by molar-refractivity contribution is 0.0694. The molecule has 1 aromatic rings. The number of carboxylic acid groups (broad SMARTS) is 1. The molecule has 1 aliphatic heterocycles. The maximum absolute atomic E-state index is 11.0. The third kappa shape index (κ3) is 4.55. The molecule has 0 aliphatic carbocycles. The maximum Gasteiger partial charge on any atom is 0.335 e. The molecule has 0 radical (unpaired) electrons. The average molecular weight is 304 g/mol. The minimum Gasteiger partial charge on any atom is -0.478 e. The third-order valence-corrected chi connectivity index (χ3v) is 4.57. The van der Waals surface area contributed by atoms with E-state index < -0.39 is 5.97 Å². The Balaban J connectivity index is 1.87. The highest BCUT2D eigenvalue weighted by atomic mass is 16.4. The summed E-state index contributed by atoms with van der Waals surface area (Å²) in [5, 5.41) is 12.5. The van der Waals surface area contributed by atoms with Crippen molar-refractivity contribution >= 4 is 5.97 Å². The summed E-state index contributed by atoms with van der Waals surface area (Å²) in [4.78, 5) is 13.6. The molecule has 22 heavy (non-hydrogen) atoms. The molecule has 2 N–H and O–H groups in total. The Bertz CT molecular complexity index is 514. The van der Waals surface area contributed by atoms with Crippen LogP contribution in [-0.4, -0.2) is 41.1 Å². The van der Waals surface area contributed by atoms with Gasteiger partial charge in [0.25, 0.3) is 0 Å². The zero-order chi connectivity index (χ0) is 16.2. The average Bonchev–Trinajstić information content (AvgIpc) is 2.47. The van der Waals surface area contributed by atoms with Gasteiger partial charge in [0.15, 0.2) is 0 Å². The van der Waals surface area contributed by atoms with E-state index in [2.05, 4.69) is 31.0 Å². The first kappa shape index (κ1) is 17.0. The van der Waals surface area contributed by atoms with Crippen LogP contribution in [0, 0.1) is 5.92 Å². The first-order valence-corrected chi connectivity index (χ1v) is 8.16. The van der Waals surface area contributed by atoms with Crippen LogP contribution in [0.15, 0.2) is 24.3 Å². The fourth-order valence-corrected chi connectivity index (χ4v) is 3.18. The summed E-state index contributed by atoms with van der Waals surface area (Å²) in [5.74, 6) is -0.0928. The van der Waals surface area contributed by atoms with Crippen LogP contribution in [0.5, 0.6) is 0 Å². The SMILES string of the molecule is CC1CCCN(C(C)(C)CNCc2cccc(C(=O)O)c2)C1. The first-order valence-electron chi connectivity index (χ1n) is 8.16. The monoisotopic (exact) mass is 304 g/mol. The molecule has 1 heterocycles. The van der Waals surface area contributed by atoms with E-state index in [1.165, 1.54) is 25.9 Å². The second kappa shape index (κ2) is 7.25. The Morgan fingerprint density at radius 1 is 1.45 bits per heavy atom. The Morgan fingerprint density at radius 2 is 2.23 bits per heavy atom. The number of piperidine rings is 1. The van der Waals surface area contributed by atoms with Crippen molar-refractivity contribution in [2.24, 2.45) is 5.92 Å². The molecular weight excluding hydrogens is 276 g/mol. The van der Waals surface area contributed by atoms with Gasteiger partial charge in [0.05, 0.1) is 5.56 Å². The molecule has 122 valence electrons. The van der Waals surface area contributed by atoms with Crippen LogP contribution >= 0.6 is 0 Å². The number of nitrogens with zero attached hydrogens (tertiary/aromatic N) is 1. The summed E-state index contributed by atoms with van der Waals surface area (Å²) in [6.45, 7) is 10.8. The van der Waals surface area contributed by atoms with Crippen LogP contribution < -0.4 is 5.32 Å². The van der Waals surface area contributed by atoms with Gasteiger partial charge in [-0.2, -0.15) is 0 Å². The topological polar surface area (TPSA) is 52.6 Å². The minimum atomic E-state index is -0.871. The Labute approximate surface area is 133 Å². The highest BCUT2D eigenvalue weighted by molar-refractivity contribution is 5.87. The number of carboxylic acids is 1.